The van der Waals surface area contributed by atoms with Gasteiger partial charge in [-0.25, -0.2) is 0 Å². The van der Waals surface area contributed by atoms with Crippen molar-refractivity contribution in [1.82, 2.24) is 0 Å². The molecule has 0 aliphatic carbocycles. The standard InChI is InChI=1S/C14H15N3O3/c15-8-10-5-6-12(20-10)14(19)17-11-4-2-1-3-9(11)7-13(16)18/h1-6H,7-8,15H2,(H2,16,18)(H,17,19). The molecular formula is C14H15N3O3. The van der Waals surface area contributed by atoms with Gasteiger partial charge in [0.05, 0.1) is 13.0 Å². The van der Waals surface area contributed by atoms with Crippen LogP contribution in [0.25, 0.3) is 0 Å². The number of rotatable bonds is 5. The van der Waals surface area contributed by atoms with Gasteiger partial charge in [0, 0.05) is 5.69 Å². The number of benzene rings is 1. The second-order valence-corrected chi connectivity index (χ2v) is 4.22. The topological polar surface area (TPSA) is 111 Å². The molecule has 0 saturated heterocycles. The second-order valence-electron chi connectivity index (χ2n) is 4.22. The SMILES string of the molecule is NCc1ccc(C(=O)Nc2ccccc2CC(N)=O)o1. The van der Waals surface area contributed by atoms with Crippen LogP contribution in [-0.4, -0.2) is 11.8 Å². The summed E-state index contributed by atoms with van der Waals surface area (Å²) < 4.78 is 5.26. The van der Waals surface area contributed by atoms with Crippen molar-refractivity contribution < 1.29 is 14.0 Å². The minimum absolute atomic E-state index is 0.0582. The lowest BCUT2D eigenvalue weighted by atomic mass is 10.1. The molecule has 0 spiro atoms. The predicted octanol–water partition coefficient (Wildman–Crippen LogP) is 1.02. The zero-order chi connectivity index (χ0) is 14.5. The lowest BCUT2D eigenvalue weighted by molar-refractivity contribution is -0.117. The maximum absolute atomic E-state index is 12.0. The van der Waals surface area contributed by atoms with E-state index in [9.17, 15) is 9.59 Å². The number of hydrogen-bond acceptors (Lipinski definition) is 4. The molecule has 6 nitrogen and oxygen atoms in total. The summed E-state index contributed by atoms with van der Waals surface area (Å²) in [6, 6.07) is 10.1. The van der Waals surface area contributed by atoms with Crippen molar-refractivity contribution in [2.45, 2.75) is 13.0 Å². The lowest BCUT2D eigenvalue weighted by Crippen LogP contribution is -2.17. The quantitative estimate of drug-likeness (QED) is 0.755. The zero-order valence-electron chi connectivity index (χ0n) is 10.8. The number of para-hydroxylation sites is 1. The number of anilines is 1. The second kappa shape index (κ2) is 6.03. The van der Waals surface area contributed by atoms with Crippen LogP contribution in [0.5, 0.6) is 0 Å². The first-order chi connectivity index (χ1) is 9.60. The normalized spacial score (nSPS) is 10.2. The minimum Gasteiger partial charge on any atom is -0.455 e. The lowest BCUT2D eigenvalue weighted by Gasteiger charge is -2.08. The highest BCUT2D eigenvalue weighted by molar-refractivity contribution is 6.03. The molecule has 1 aromatic carbocycles. The highest BCUT2D eigenvalue weighted by Crippen LogP contribution is 2.17. The van der Waals surface area contributed by atoms with Gasteiger partial charge >= 0.3 is 0 Å². The molecule has 0 aliphatic rings. The summed E-state index contributed by atoms with van der Waals surface area (Å²) in [5.74, 6) is -0.170. The Morgan fingerprint density at radius 2 is 1.90 bits per heavy atom. The van der Waals surface area contributed by atoms with Crippen molar-refractivity contribution in [3.63, 3.8) is 0 Å². The van der Waals surface area contributed by atoms with Gasteiger partial charge in [0.25, 0.3) is 5.91 Å². The van der Waals surface area contributed by atoms with E-state index in [1.807, 2.05) is 0 Å². The molecule has 1 aromatic heterocycles. The summed E-state index contributed by atoms with van der Waals surface area (Å²) in [6.45, 7) is 0.228. The molecule has 0 saturated carbocycles. The first-order valence-electron chi connectivity index (χ1n) is 6.06. The van der Waals surface area contributed by atoms with Gasteiger partial charge in [-0.15, -0.1) is 0 Å². The molecule has 0 fully saturated rings. The van der Waals surface area contributed by atoms with Crippen molar-refractivity contribution in [3.8, 4) is 0 Å². The summed E-state index contributed by atoms with van der Waals surface area (Å²) >= 11 is 0. The van der Waals surface area contributed by atoms with Crippen LogP contribution >= 0.6 is 0 Å². The smallest absolute Gasteiger partial charge is 0.291 e. The summed E-state index contributed by atoms with van der Waals surface area (Å²) in [5.41, 5.74) is 11.8. The third kappa shape index (κ3) is 3.24. The largest absolute Gasteiger partial charge is 0.455 e. The number of nitrogens with two attached hydrogens (primary N) is 2. The summed E-state index contributed by atoms with van der Waals surface area (Å²) in [4.78, 5) is 23.0. The van der Waals surface area contributed by atoms with E-state index >= 15 is 0 Å². The average molecular weight is 273 g/mol. The molecule has 6 heteroatoms. The molecule has 2 amide bonds. The van der Waals surface area contributed by atoms with Crippen LogP contribution in [0.3, 0.4) is 0 Å². The number of hydrogen-bond donors (Lipinski definition) is 3. The summed E-state index contributed by atoms with van der Waals surface area (Å²) in [5, 5.41) is 2.69. The molecular weight excluding hydrogens is 258 g/mol. The molecule has 0 aliphatic heterocycles. The zero-order valence-corrected chi connectivity index (χ0v) is 10.8. The van der Waals surface area contributed by atoms with E-state index in [2.05, 4.69) is 5.32 Å². The van der Waals surface area contributed by atoms with Crippen LogP contribution in [0, 0.1) is 0 Å². The molecule has 104 valence electrons. The first-order valence-corrected chi connectivity index (χ1v) is 6.06. The number of carbonyl (C=O) groups excluding carboxylic acids is 2. The first kappa shape index (κ1) is 13.8. The monoisotopic (exact) mass is 273 g/mol. The van der Waals surface area contributed by atoms with Gasteiger partial charge in [-0.2, -0.15) is 0 Å². The van der Waals surface area contributed by atoms with Crippen LogP contribution in [0.2, 0.25) is 0 Å². The predicted molar refractivity (Wildman–Crippen MR) is 73.9 cm³/mol. The molecule has 1 heterocycles. The van der Waals surface area contributed by atoms with Crippen LogP contribution < -0.4 is 16.8 Å². The number of carbonyl (C=O) groups is 2. The van der Waals surface area contributed by atoms with Crippen molar-refractivity contribution in [2.75, 3.05) is 5.32 Å². The number of amides is 2. The van der Waals surface area contributed by atoms with Crippen LogP contribution in [0.15, 0.2) is 40.8 Å². The van der Waals surface area contributed by atoms with Crippen molar-refractivity contribution in [3.05, 3.63) is 53.5 Å². The van der Waals surface area contributed by atoms with Crippen molar-refractivity contribution in [2.24, 2.45) is 11.5 Å². The fraction of sp³-hybridized carbons (Fsp3) is 0.143. The Balaban J connectivity index is 2.17. The minimum atomic E-state index is -0.463. The third-order valence-corrected chi connectivity index (χ3v) is 2.72. The van der Waals surface area contributed by atoms with Gasteiger partial charge in [0.1, 0.15) is 5.76 Å². The molecule has 0 unspecified atom stereocenters. The van der Waals surface area contributed by atoms with Crippen LogP contribution in [0.1, 0.15) is 21.9 Å². The Morgan fingerprint density at radius 3 is 2.55 bits per heavy atom. The number of primary amides is 1. The molecule has 0 bridgehead atoms. The highest BCUT2D eigenvalue weighted by atomic mass is 16.4. The third-order valence-electron chi connectivity index (χ3n) is 2.72. The molecule has 2 rings (SSSR count). The van der Waals surface area contributed by atoms with Crippen molar-refractivity contribution in [1.29, 1.82) is 0 Å². The van der Waals surface area contributed by atoms with Gasteiger partial charge in [0.2, 0.25) is 5.91 Å². The Hall–Kier alpha value is -2.60. The Kier molecular flexibility index (Phi) is 4.17. The molecule has 0 radical (unpaired) electrons. The fourth-order valence-corrected chi connectivity index (χ4v) is 1.78. The van der Waals surface area contributed by atoms with Gasteiger partial charge in [0.15, 0.2) is 5.76 Å². The van der Waals surface area contributed by atoms with E-state index in [-0.39, 0.29) is 18.7 Å². The number of furan rings is 1. The van der Waals surface area contributed by atoms with E-state index in [1.165, 1.54) is 0 Å². The van der Waals surface area contributed by atoms with Gasteiger partial charge in [-0.3, -0.25) is 9.59 Å². The van der Waals surface area contributed by atoms with Gasteiger partial charge in [-0.1, -0.05) is 18.2 Å². The van der Waals surface area contributed by atoms with E-state index in [0.717, 1.165) is 0 Å². The van der Waals surface area contributed by atoms with E-state index in [4.69, 9.17) is 15.9 Å². The Morgan fingerprint density at radius 1 is 1.15 bits per heavy atom. The van der Waals surface area contributed by atoms with Crippen molar-refractivity contribution >= 4 is 17.5 Å². The summed E-state index contributed by atoms with van der Waals surface area (Å²) in [7, 11) is 0. The Bertz CT molecular complexity index is 634. The molecule has 20 heavy (non-hydrogen) atoms. The molecule has 5 N–H and O–H groups in total. The van der Waals surface area contributed by atoms with E-state index in [0.29, 0.717) is 17.0 Å². The van der Waals surface area contributed by atoms with Crippen LogP contribution in [-0.2, 0) is 17.8 Å². The maximum Gasteiger partial charge on any atom is 0.291 e. The fourth-order valence-electron chi connectivity index (χ4n) is 1.78. The molecule has 0 atom stereocenters. The van der Waals surface area contributed by atoms with Gasteiger partial charge < -0.3 is 21.2 Å². The molecule has 2 aromatic rings. The van der Waals surface area contributed by atoms with E-state index < -0.39 is 11.8 Å². The highest BCUT2D eigenvalue weighted by Gasteiger charge is 2.13. The van der Waals surface area contributed by atoms with Gasteiger partial charge in [-0.05, 0) is 23.8 Å². The average Bonchev–Trinajstić information content (AvgIpc) is 2.89. The Labute approximate surface area is 115 Å². The summed E-state index contributed by atoms with van der Waals surface area (Å²) in [6.07, 6.45) is 0.0582. The maximum atomic E-state index is 12.0. The number of nitrogens with one attached hydrogen (secondary N) is 1. The van der Waals surface area contributed by atoms with Crippen LogP contribution in [0.4, 0.5) is 5.69 Å². The van der Waals surface area contributed by atoms with E-state index in [1.54, 1.807) is 36.4 Å².